The number of carbonyl (C=O) groups is 2. The Labute approximate surface area is 185 Å². The molecule has 1 heterocycles. The van der Waals surface area contributed by atoms with Gasteiger partial charge in [0.05, 0.1) is 18.2 Å². The Morgan fingerprint density at radius 1 is 1.09 bits per heavy atom. The first-order valence-corrected chi connectivity index (χ1v) is 10.3. The Morgan fingerprint density at radius 3 is 2.53 bits per heavy atom. The van der Waals surface area contributed by atoms with Crippen molar-refractivity contribution in [2.75, 3.05) is 6.54 Å². The van der Waals surface area contributed by atoms with E-state index < -0.39 is 23.6 Å². The van der Waals surface area contributed by atoms with Crippen LogP contribution in [0.15, 0.2) is 66.7 Å². The average molecular weight is 438 g/mol. The third-order valence-corrected chi connectivity index (χ3v) is 5.01. The minimum atomic E-state index is -1.06. The summed E-state index contributed by atoms with van der Waals surface area (Å²) in [5.74, 6) is -2.36. The molecule has 0 fully saturated rings. The Kier molecular flexibility index (Phi) is 8.02. The number of rotatable bonds is 10. The molecule has 0 radical (unpaired) electrons. The fourth-order valence-corrected chi connectivity index (χ4v) is 3.27. The molecule has 1 amide bonds. The number of halogens is 2. The fraction of sp³-hybridized carbons (Fsp3) is 0.240. The predicted octanol–water partition coefficient (Wildman–Crippen LogP) is 4.35. The summed E-state index contributed by atoms with van der Waals surface area (Å²) in [6.45, 7) is 2.41. The first kappa shape index (κ1) is 23.1. The smallest absolute Gasteiger partial charge is 0.233 e. The lowest BCUT2D eigenvalue weighted by atomic mass is 9.98. The van der Waals surface area contributed by atoms with Gasteiger partial charge in [-0.1, -0.05) is 42.5 Å². The summed E-state index contributed by atoms with van der Waals surface area (Å²) in [6, 6.07) is 18.2. The Bertz CT molecular complexity index is 1060. The molecule has 3 rings (SSSR count). The first-order chi connectivity index (χ1) is 15.5. The normalized spacial score (nSPS) is 11.6. The molecule has 0 aliphatic heterocycles. The molecule has 0 spiro atoms. The largest absolute Gasteiger partial charge is 0.489 e. The van der Waals surface area contributed by atoms with E-state index in [0.29, 0.717) is 30.9 Å². The summed E-state index contributed by atoms with van der Waals surface area (Å²) >= 11 is 0. The van der Waals surface area contributed by atoms with E-state index in [9.17, 15) is 18.4 Å². The highest BCUT2D eigenvalue weighted by Gasteiger charge is 2.25. The van der Waals surface area contributed by atoms with Crippen LogP contribution in [0.3, 0.4) is 0 Å². The van der Waals surface area contributed by atoms with Gasteiger partial charge in [-0.25, -0.2) is 9.37 Å². The van der Waals surface area contributed by atoms with Crippen molar-refractivity contribution in [2.45, 2.75) is 26.5 Å². The van der Waals surface area contributed by atoms with Crippen molar-refractivity contribution >= 4 is 12.2 Å². The third kappa shape index (κ3) is 6.20. The first-order valence-electron chi connectivity index (χ1n) is 10.3. The van der Waals surface area contributed by atoms with Crippen LogP contribution in [0.1, 0.15) is 23.7 Å². The maximum Gasteiger partial charge on any atom is 0.233 e. The molecule has 166 valence electrons. The number of aromatic nitrogens is 1. The number of hydrogen-bond donors (Lipinski definition) is 0. The van der Waals surface area contributed by atoms with Crippen molar-refractivity contribution in [3.05, 3.63) is 95.3 Å². The summed E-state index contributed by atoms with van der Waals surface area (Å²) in [5, 5.41) is 0. The quantitative estimate of drug-likeness (QED) is 0.268. The molecule has 3 aromatic rings. The lowest BCUT2D eigenvalue weighted by molar-refractivity contribution is -0.138. The van der Waals surface area contributed by atoms with Gasteiger partial charge in [-0.2, -0.15) is 4.39 Å². The monoisotopic (exact) mass is 438 g/mol. The van der Waals surface area contributed by atoms with Crippen molar-refractivity contribution in [3.63, 3.8) is 0 Å². The number of nitrogens with zero attached hydrogens (tertiary/aromatic N) is 2. The van der Waals surface area contributed by atoms with Crippen LogP contribution < -0.4 is 4.74 Å². The number of carbonyl (C=O) groups excluding carboxylic acids is 2. The number of ether oxygens (including phenoxy) is 1. The molecule has 1 atom stereocenters. The average Bonchev–Trinajstić information content (AvgIpc) is 2.81. The topological polar surface area (TPSA) is 59.5 Å². The molecule has 1 aromatic heterocycles. The summed E-state index contributed by atoms with van der Waals surface area (Å²) in [4.78, 5) is 29.7. The van der Waals surface area contributed by atoms with Crippen molar-refractivity contribution in [3.8, 4) is 5.75 Å². The zero-order valence-corrected chi connectivity index (χ0v) is 17.7. The Morgan fingerprint density at radius 2 is 1.88 bits per heavy atom. The summed E-state index contributed by atoms with van der Waals surface area (Å²) in [6.07, 6.45) is 0.434. The van der Waals surface area contributed by atoms with Crippen LogP contribution in [-0.2, 0) is 29.2 Å². The van der Waals surface area contributed by atoms with E-state index in [1.165, 1.54) is 29.2 Å². The van der Waals surface area contributed by atoms with Crippen LogP contribution in [0.5, 0.6) is 5.75 Å². The van der Waals surface area contributed by atoms with Gasteiger partial charge in [-0.3, -0.25) is 4.79 Å². The minimum Gasteiger partial charge on any atom is -0.489 e. The Balaban J connectivity index is 1.65. The molecule has 5 nitrogen and oxygen atoms in total. The van der Waals surface area contributed by atoms with Gasteiger partial charge in [0.1, 0.15) is 24.5 Å². The molecule has 2 aromatic carbocycles. The van der Waals surface area contributed by atoms with E-state index >= 15 is 0 Å². The van der Waals surface area contributed by atoms with Crippen molar-refractivity contribution in [1.29, 1.82) is 0 Å². The van der Waals surface area contributed by atoms with Crippen LogP contribution >= 0.6 is 0 Å². The van der Waals surface area contributed by atoms with Crippen LogP contribution in [0.25, 0.3) is 0 Å². The molecule has 32 heavy (non-hydrogen) atoms. The fourth-order valence-electron chi connectivity index (χ4n) is 3.27. The van der Waals surface area contributed by atoms with Gasteiger partial charge in [0.25, 0.3) is 0 Å². The molecule has 0 aliphatic rings. The second-order valence-electron chi connectivity index (χ2n) is 7.28. The van der Waals surface area contributed by atoms with Gasteiger partial charge in [0.15, 0.2) is 0 Å². The van der Waals surface area contributed by atoms with Gasteiger partial charge >= 0.3 is 0 Å². The highest BCUT2D eigenvalue weighted by molar-refractivity contribution is 5.92. The second kappa shape index (κ2) is 11.1. The molecule has 7 heteroatoms. The van der Waals surface area contributed by atoms with E-state index in [0.717, 1.165) is 5.56 Å². The highest BCUT2D eigenvalue weighted by Crippen LogP contribution is 2.21. The molecule has 0 saturated heterocycles. The van der Waals surface area contributed by atoms with Crippen LogP contribution in [-0.4, -0.2) is 28.6 Å². The molecule has 0 N–H and O–H groups in total. The standard InChI is InChI=1S/C25H24F2N2O3/c1-2-29(15-21-9-6-10-24(27)28-21)25(31)20(16-30)13-19-11-12-22(14-23(19)26)32-17-18-7-4-3-5-8-18/h3-12,14,16,20H,2,13,15,17H2,1H3. The zero-order chi connectivity index (χ0) is 22.9. The van der Waals surface area contributed by atoms with E-state index in [2.05, 4.69) is 4.98 Å². The molecule has 0 bridgehead atoms. The number of aldehydes is 1. The lowest BCUT2D eigenvalue weighted by Crippen LogP contribution is -2.37. The van der Waals surface area contributed by atoms with Crippen LogP contribution in [0, 0.1) is 17.7 Å². The maximum atomic E-state index is 14.6. The van der Waals surface area contributed by atoms with Crippen LogP contribution in [0.4, 0.5) is 8.78 Å². The van der Waals surface area contributed by atoms with E-state index in [1.807, 2.05) is 30.3 Å². The molecular formula is C25H24F2N2O3. The molecule has 1 unspecified atom stereocenters. The summed E-state index contributed by atoms with van der Waals surface area (Å²) in [5.41, 5.74) is 1.56. The molecule has 0 saturated carbocycles. The minimum absolute atomic E-state index is 0.0617. The van der Waals surface area contributed by atoms with E-state index in [4.69, 9.17) is 4.74 Å². The molecule has 0 aliphatic carbocycles. The van der Waals surface area contributed by atoms with Gasteiger partial charge < -0.3 is 14.4 Å². The van der Waals surface area contributed by atoms with Crippen LogP contribution in [0.2, 0.25) is 0 Å². The van der Waals surface area contributed by atoms with Crippen molar-refractivity contribution in [1.82, 2.24) is 9.88 Å². The second-order valence-corrected chi connectivity index (χ2v) is 7.28. The summed E-state index contributed by atoms with van der Waals surface area (Å²) < 4.78 is 33.6. The van der Waals surface area contributed by atoms with Gasteiger partial charge in [-0.15, -0.1) is 0 Å². The van der Waals surface area contributed by atoms with E-state index in [-0.39, 0.29) is 18.5 Å². The SMILES string of the molecule is CCN(Cc1cccc(F)n1)C(=O)C(C=O)Cc1ccc(OCc2ccccc2)cc1F. The summed E-state index contributed by atoms with van der Waals surface area (Å²) in [7, 11) is 0. The third-order valence-electron chi connectivity index (χ3n) is 5.01. The molecular weight excluding hydrogens is 414 g/mol. The van der Waals surface area contributed by atoms with Crippen molar-refractivity contribution in [2.24, 2.45) is 5.92 Å². The highest BCUT2D eigenvalue weighted by atomic mass is 19.1. The predicted molar refractivity (Wildman–Crippen MR) is 116 cm³/mol. The van der Waals surface area contributed by atoms with E-state index in [1.54, 1.807) is 19.1 Å². The number of benzene rings is 2. The number of hydrogen-bond acceptors (Lipinski definition) is 4. The van der Waals surface area contributed by atoms with Crippen molar-refractivity contribution < 1.29 is 23.1 Å². The lowest BCUT2D eigenvalue weighted by Gasteiger charge is -2.23. The van der Waals surface area contributed by atoms with Gasteiger partial charge in [0.2, 0.25) is 11.9 Å². The number of pyridine rings is 1. The van der Waals surface area contributed by atoms with Gasteiger partial charge in [-0.05, 0) is 42.7 Å². The Hall–Kier alpha value is -3.61. The van der Waals surface area contributed by atoms with Gasteiger partial charge in [0, 0.05) is 12.6 Å². The maximum absolute atomic E-state index is 14.6. The zero-order valence-electron chi connectivity index (χ0n) is 17.7. The number of amides is 1.